The van der Waals surface area contributed by atoms with Gasteiger partial charge in [-0.25, -0.2) is 4.99 Å². The van der Waals surface area contributed by atoms with Gasteiger partial charge < -0.3 is 9.64 Å². The van der Waals surface area contributed by atoms with Crippen LogP contribution < -0.4 is 4.74 Å². The number of benzene rings is 2. The van der Waals surface area contributed by atoms with E-state index in [1.54, 1.807) is 0 Å². The standard InChI is InChI=1S/C20H24BrClN2O/c1-5-9-24(6-2)13-23-19-10-15(4)20(11-14(19)3)25-16-7-8-18(22)17(21)12-16/h7-8,10-13H,5-6,9H2,1-4H3. The van der Waals surface area contributed by atoms with Crippen molar-refractivity contribution in [2.24, 2.45) is 4.99 Å². The summed E-state index contributed by atoms with van der Waals surface area (Å²) < 4.78 is 6.83. The Balaban J connectivity index is 2.21. The fraction of sp³-hybridized carbons (Fsp3) is 0.350. The molecule has 5 heteroatoms. The number of rotatable bonds is 7. The van der Waals surface area contributed by atoms with E-state index in [0.29, 0.717) is 5.02 Å². The molecule has 0 radical (unpaired) electrons. The zero-order valence-corrected chi connectivity index (χ0v) is 17.5. The highest BCUT2D eigenvalue weighted by atomic mass is 79.9. The van der Waals surface area contributed by atoms with Crippen LogP contribution >= 0.6 is 27.5 Å². The van der Waals surface area contributed by atoms with E-state index in [1.807, 2.05) is 44.5 Å². The second kappa shape index (κ2) is 9.25. The molecule has 2 aromatic rings. The molecule has 0 N–H and O–H groups in total. The monoisotopic (exact) mass is 422 g/mol. The highest BCUT2D eigenvalue weighted by Crippen LogP contribution is 2.34. The zero-order chi connectivity index (χ0) is 18.4. The summed E-state index contributed by atoms with van der Waals surface area (Å²) in [6.07, 6.45) is 3.05. The molecule has 0 unspecified atom stereocenters. The minimum atomic E-state index is 0.664. The molecule has 0 amide bonds. The second-order valence-electron chi connectivity index (χ2n) is 5.96. The van der Waals surface area contributed by atoms with Gasteiger partial charge in [-0.3, -0.25) is 0 Å². The van der Waals surface area contributed by atoms with Crippen LogP contribution in [0.15, 0.2) is 39.8 Å². The summed E-state index contributed by atoms with van der Waals surface area (Å²) in [6, 6.07) is 9.63. The van der Waals surface area contributed by atoms with Gasteiger partial charge in [-0.05, 0) is 84.6 Å². The molecular weight excluding hydrogens is 400 g/mol. The fourth-order valence-corrected chi connectivity index (χ4v) is 2.89. The molecule has 0 fully saturated rings. The Morgan fingerprint density at radius 1 is 1.16 bits per heavy atom. The highest BCUT2D eigenvalue weighted by molar-refractivity contribution is 9.10. The van der Waals surface area contributed by atoms with Gasteiger partial charge in [-0.15, -0.1) is 0 Å². The molecule has 2 rings (SSSR count). The predicted octanol–water partition coefficient (Wildman–Crippen LogP) is 6.90. The highest BCUT2D eigenvalue weighted by Gasteiger charge is 2.08. The largest absolute Gasteiger partial charge is 0.457 e. The fourth-order valence-electron chi connectivity index (χ4n) is 2.42. The SMILES string of the molecule is CCCN(C=Nc1cc(C)c(Oc2ccc(Cl)c(Br)c2)cc1C)CC. The summed E-state index contributed by atoms with van der Waals surface area (Å²) in [6.45, 7) is 10.4. The maximum absolute atomic E-state index is 6.03. The third-order valence-electron chi connectivity index (χ3n) is 3.89. The first kappa shape index (κ1) is 19.8. The van der Waals surface area contributed by atoms with Gasteiger partial charge in [-0.1, -0.05) is 18.5 Å². The van der Waals surface area contributed by atoms with E-state index in [9.17, 15) is 0 Å². The summed E-state index contributed by atoms with van der Waals surface area (Å²) >= 11 is 9.46. The summed E-state index contributed by atoms with van der Waals surface area (Å²) in [5.74, 6) is 1.57. The molecule has 0 saturated carbocycles. The normalized spacial score (nSPS) is 11.1. The minimum Gasteiger partial charge on any atom is -0.457 e. The number of ether oxygens (including phenoxy) is 1. The molecule has 0 heterocycles. The van der Waals surface area contributed by atoms with Gasteiger partial charge >= 0.3 is 0 Å². The van der Waals surface area contributed by atoms with Gasteiger partial charge in [0, 0.05) is 17.6 Å². The number of aryl methyl sites for hydroxylation is 2. The zero-order valence-electron chi connectivity index (χ0n) is 15.1. The molecule has 2 aromatic carbocycles. The number of halogens is 2. The Labute approximate surface area is 163 Å². The molecule has 0 bridgehead atoms. The van der Waals surface area contributed by atoms with E-state index in [-0.39, 0.29) is 0 Å². The van der Waals surface area contributed by atoms with Crippen LogP contribution in [-0.4, -0.2) is 24.3 Å². The molecular formula is C20H24BrClN2O. The third kappa shape index (κ3) is 5.48. The maximum atomic E-state index is 6.03. The van der Waals surface area contributed by atoms with Crippen LogP contribution in [0.3, 0.4) is 0 Å². The molecule has 25 heavy (non-hydrogen) atoms. The third-order valence-corrected chi connectivity index (χ3v) is 5.10. The molecule has 0 spiro atoms. The molecule has 3 nitrogen and oxygen atoms in total. The van der Waals surface area contributed by atoms with Gasteiger partial charge in [0.2, 0.25) is 0 Å². The van der Waals surface area contributed by atoms with Crippen molar-refractivity contribution in [2.45, 2.75) is 34.1 Å². The van der Waals surface area contributed by atoms with Gasteiger partial charge in [0.1, 0.15) is 11.5 Å². The van der Waals surface area contributed by atoms with E-state index in [1.165, 1.54) is 0 Å². The van der Waals surface area contributed by atoms with Crippen molar-refractivity contribution in [1.82, 2.24) is 4.90 Å². The van der Waals surface area contributed by atoms with Crippen LogP contribution in [0.5, 0.6) is 11.5 Å². The first-order chi connectivity index (χ1) is 11.9. The van der Waals surface area contributed by atoms with E-state index < -0.39 is 0 Å². The van der Waals surface area contributed by atoms with E-state index in [0.717, 1.165) is 52.3 Å². The lowest BCUT2D eigenvalue weighted by Gasteiger charge is -2.16. The molecule has 0 atom stereocenters. The summed E-state index contributed by atoms with van der Waals surface area (Å²) in [4.78, 5) is 6.86. The maximum Gasteiger partial charge on any atom is 0.130 e. The number of nitrogens with zero attached hydrogens (tertiary/aromatic N) is 2. The van der Waals surface area contributed by atoms with E-state index in [4.69, 9.17) is 16.3 Å². The van der Waals surface area contributed by atoms with Gasteiger partial charge in [0.05, 0.1) is 17.0 Å². The lowest BCUT2D eigenvalue weighted by molar-refractivity contribution is 0.452. The van der Waals surface area contributed by atoms with E-state index >= 15 is 0 Å². The van der Waals surface area contributed by atoms with Gasteiger partial charge in [0.15, 0.2) is 0 Å². The Bertz CT molecular complexity index is 762. The number of hydrogen-bond acceptors (Lipinski definition) is 2. The molecule has 0 aromatic heterocycles. The van der Waals surface area contributed by atoms with Crippen LogP contribution in [0.25, 0.3) is 0 Å². The summed E-state index contributed by atoms with van der Waals surface area (Å²) in [7, 11) is 0. The average molecular weight is 424 g/mol. The van der Waals surface area contributed by atoms with Crippen LogP contribution in [0.1, 0.15) is 31.4 Å². The van der Waals surface area contributed by atoms with Crippen molar-refractivity contribution in [3.63, 3.8) is 0 Å². The molecule has 0 aliphatic heterocycles. The Hall–Kier alpha value is -1.52. The van der Waals surface area contributed by atoms with Crippen LogP contribution in [-0.2, 0) is 0 Å². The smallest absolute Gasteiger partial charge is 0.130 e. The quantitative estimate of drug-likeness (QED) is 0.357. The summed E-state index contributed by atoms with van der Waals surface area (Å²) in [5, 5.41) is 0.664. The van der Waals surface area contributed by atoms with Crippen LogP contribution in [0.2, 0.25) is 5.02 Å². The average Bonchev–Trinajstić information content (AvgIpc) is 2.58. The molecule has 0 aliphatic rings. The van der Waals surface area contributed by atoms with Gasteiger partial charge in [0.25, 0.3) is 0 Å². The lowest BCUT2D eigenvalue weighted by atomic mass is 10.1. The van der Waals surface area contributed by atoms with Crippen molar-refractivity contribution >= 4 is 39.6 Å². The first-order valence-corrected chi connectivity index (χ1v) is 9.64. The minimum absolute atomic E-state index is 0.664. The summed E-state index contributed by atoms with van der Waals surface area (Å²) in [5.41, 5.74) is 3.09. The van der Waals surface area contributed by atoms with Crippen molar-refractivity contribution in [3.8, 4) is 11.5 Å². The molecule has 0 saturated heterocycles. The van der Waals surface area contributed by atoms with Crippen LogP contribution in [0, 0.1) is 13.8 Å². The Morgan fingerprint density at radius 3 is 2.56 bits per heavy atom. The van der Waals surface area contributed by atoms with Crippen molar-refractivity contribution in [1.29, 1.82) is 0 Å². The van der Waals surface area contributed by atoms with Crippen molar-refractivity contribution < 1.29 is 4.74 Å². The molecule has 0 aliphatic carbocycles. The first-order valence-electron chi connectivity index (χ1n) is 8.47. The van der Waals surface area contributed by atoms with Gasteiger partial charge in [-0.2, -0.15) is 0 Å². The van der Waals surface area contributed by atoms with Crippen LogP contribution in [0.4, 0.5) is 5.69 Å². The molecule has 134 valence electrons. The number of hydrogen-bond donors (Lipinski definition) is 0. The van der Waals surface area contributed by atoms with Crippen molar-refractivity contribution in [3.05, 3.63) is 51.0 Å². The lowest BCUT2D eigenvalue weighted by Crippen LogP contribution is -2.21. The Kier molecular flexibility index (Phi) is 7.33. The second-order valence-corrected chi connectivity index (χ2v) is 7.22. The van der Waals surface area contributed by atoms with Crippen molar-refractivity contribution in [2.75, 3.05) is 13.1 Å². The topological polar surface area (TPSA) is 24.8 Å². The Morgan fingerprint density at radius 2 is 1.92 bits per heavy atom. The van der Waals surface area contributed by atoms with E-state index in [2.05, 4.69) is 45.7 Å². The predicted molar refractivity (Wildman–Crippen MR) is 111 cm³/mol. The number of aliphatic imine (C=N–C) groups is 1.